The van der Waals surface area contributed by atoms with Gasteiger partial charge >= 0.3 is 5.97 Å². The van der Waals surface area contributed by atoms with Crippen molar-refractivity contribution in [2.75, 3.05) is 20.8 Å². The molecule has 4 aromatic rings. The highest BCUT2D eigenvalue weighted by Gasteiger charge is 2.23. The Hall–Kier alpha value is -3.84. The number of benzene rings is 2. The van der Waals surface area contributed by atoms with Gasteiger partial charge in [-0.05, 0) is 55.5 Å². The number of ketones is 1. The first-order valence-corrected chi connectivity index (χ1v) is 10.6. The molecule has 0 aliphatic rings. The lowest BCUT2D eigenvalue weighted by Gasteiger charge is -2.11. The molecule has 0 aliphatic heterocycles. The quantitative estimate of drug-likeness (QED) is 0.280. The van der Waals surface area contributed by atoms with Gasteiger partial charge in [0.2, 0.25) is 5.78 Å². The maximum Gasteiger partial charge on any atom is 0.340 e. The normalized spacial score (nSPS) is 10.8. The summed E-state index contributed by atoms with van der Waals surface area (Å²) in [6.45, 7) is 1.94. The van der Waals surface area contributed by atoms with Crippen LogP contribution in [0.5, 0.6) is 11.5 Å². The highest BCUT2D eigenvalue weighted by Crippen LogP contribution is 2.33. The van der Waals surface area contributed by atoms with Crippen molar-refractivity contribution >= 4 is 28.9 Å². The second kappa shape index (κ2) is 9.34. The van der Waals surface area contributed by atoms with E-state index in [1.807, 2.05) is 6.07 Å². The molecule has 0 amide bonds. The van der Waals surface area contributed by atoms with E-state index in [1.54, 1.807) is 68.0 Å². The van der Waals surface area contributed by atoms with Crippen LogP contribution in [0.4, 0.5) is 0 Å². The lowest BCUT2D eigenvalue weighted by molar-refractivity contribution is 0.0529. The number of nitrogens with zero attached hydrogens (tertiary/aromatic N) is 2. The number of carbonyl (C=O) groups is 2. The summed E-state index contributed by atoms with van der Waals surface area (Å²) in [7, 11) is 3.13. The molecule has 0 bridgehead atoms. The third-order valence-electron chi connectivity index (χ3n) is 5.18. The van der Waals surface area contributed by atoms with E-state index in [0.717, 1.165) is 0 Å². The second-order valence-corrected chi connectivity index (χ2v) is 7.53. The number of esters is 1. The zero-order valence-corrected chi connectivity index (χ0v) is 19.1. The van der Waals surface area contributed by atoms with Crippen molar-refractivity contribution in [3.05, 3.63) is 82.8 Å². The molecule has 0 saturated carbocycles. The van der Waals surface area contributed by atoms with Gasteiger partial charge in [-0.2, -0.15) is 0 Å². The number of halogens is 1. The highest BCUT2D eigenvalue weighted by molar-refractivity contribution is 6.30. The van der Waals surface area contributed by atoms with Crippen LogP contribution in [0, 0.1) is 0 Å². The summed E-state index contributed by atoms with van der Waals surface area (Å²) < 4.78 is 17.6. The first kappa shape index (κ1) is 22.4. The summed E-state index contributed by atoms with van der Waals surface area (Å²) in [6.07, 6.45) is 1.51. The van der Waals surface area contributed by atoms with Crippen molar-refractivity contribution < 1.29 is 23.8 Å². The number of ether oxygens (including phenoxy) is 3. The molecule has 2 aromatic carbocycles. The minimum atomic E-state index is -0.524. The van der Waals surface area contributed by atoms with Gasteiger partial charge in [0, 0.05) is 22.2 Å². The molecule has 168 valence electrons. The van der Waals surface area contributed by atoms with E-state index in [9.17, 15) is 9.59 Å². The Kier molecular flexibility index (Phi) is 6.33. The number of hydrogen-bond acceptors (Lipinski definition) is 6. The predicted molar refractivity (Wildman–Crippen MR) is 125 cm³/mol. The van der Waals surface area contributed by atoms with Gasteiger partial charge in [0.25, 0.3) is 0 Å². The lowest BCUT2D eigenvalue weighted by atomic mass is 10.1. The van der Waals surface area contributed by atoms with Crippen LogP contribution in [-0.4, -0.2) is 42.0 Å². The molecular weight excluding hydrogens is 444 g/mol. The van der Waals surface area contributed by atoms with Crippen molar-refractivity contribution in [3.8, 4) is 22.8 Å². The van der Waals surface area contributed by atoms with Crippen LogP contribution in [0.15, 0.2) is 60.9 Å². The minimum absolute atomic E-state index is 0.209. The summed E-state index contributed by atoms with van der Waals surface area (Å²) in [5.74, 6) is 0.410. The molecule has 7 nitrogen and oxygen atoms in total. The molecule has 0 aliphatic carbocycles. The van der Waals surface area contributed by atoms with Gasteiger partial charge in [0.15, 0.2) is 0 Å². The van der Waals surface area contributed by atoms with Crippen LogP contribution < -0.4 is 9.47 Å². The number of aromatic nitrogens is 2. The van der Waals surface area contributed by atoms with Gasteiger partial charge in [0.1, 0.15) is 17.8 Å². The number of hydrogen-bond donors (Lipinski definition) is 0. The minimum Gasteiger partial charge on any atom is -0.497 e. The van der Waals surface area contributed by atoms with Gasteiger partial charge in [-0.3, -0.25) is 9.20 Å². The SMILES string of the molecule is CCOC(=O)c1cc(C(=O)c2ccc(Cl)cc2)n2cnc(-c3ccc(OC)cc3OC)cc12. The Balaban J connectivity index is 1.88. The van der Waals surface area contributed by atoms with Gasteiger partial charge in [0.05, 0.1) is 43.3 Å². The summed E-state index contributed by atoms with van der Waals surface area (Å²) >= 11 is 5.95. The molecule has 4 rings (SSSR count). The lowest BCUT2D eigenvalue weighted by Crippen LogP contribution is -2.05. The van der Waals surface area contributed by atoms with Crippen molar-refractivity contribution in [2.45, 2.75) is 6.92 Å². The maximum atomic E-state index is 13.2. The van der Waals surface area contributed by atoms with E-state index in [0.29, 0.717) is 38.9 Å². The third kappa shape index (κ3) is 4.27. The largest absolute Gasteiger partial charge is 0.497 e. The van der Waals surface area contributed by atoms with Crippen LogP contribution in [0.3, 0.4) is 0 Å². The maximum absolute atomic E-state index is 13.2. The van der Waals surface area contributed by atoms with Crippen LogP contribution in [0.25, 0.3) is 16.8 Å². The summed E-state index contributed by atoms with van der Waals surface area (Å²) in [4.78, 5) is 30.4. The highest BCUT2D eigenvalue weighted by atomic mass is 35.5. The molecule has 0 radical (unpaired) electrons. The van der Waals surface area contributed by atoms with E-state index in [2.05, 4.69) is 4.98 Å². The summed E-state index contributed by atoms with van der Waals surface area (Å²) in [6, 6.07) is 15.2. The van der Waals surface area contributed by atoms with Gasteiger partial charge in [-0.15, -0.1) is 0 Å². The number of methoxy groups -OCH3 is 2. The molecule has 0 fully saturated rings. The first-order chi connectivity index (χ1) is 16.0. The van der Waals surface area contributed by atoms with Gasteiger partial charge in [-0.25, -0.2) is 9.78 Å². The zero-order valence-electron chi connectivity index (χ0n) is 18.3. The molecular formula is C25H21ClN2O5. The third-order valence-corrected chi connectivity index (χ3v) is 5.43. The fourth-order valence-electron chi connectivity index (χ4n) is 3.55. The molecule has 8 heteroatoms. The Morgan fingerprint density at radius 1 is 1.00 bits per heavy atom. The number of fused-ring (bicyclic) bond motifs is 1. The molecule has 0 N–H and O–H groups in total. The van der Waals surface area contributed by atoms with Gasteiger partial charge < -0.3 is 14.2 Å². The van der Waals surface area contributed by atoms with E-state index in [4.69, 9.17) is 25.8 Å². The van der Waals surface area contributed by atoms with Crippen molar-refractivity contribution in [1.82, 2.24) is 9.38 Å². The van der Waals surface area contributed by atoms with E-state index in [-0.39, 0.29) is 23.6 Å². The monoisotopic (exact) mass is 464 g/mol. The zero-order chi connectivity index (χ0) is 23.5. The van der Waals surface area contributed by atoms with Crippen LogP contribution in [0.1, 0.15) is 33.3 Å². The molecule has 2 heterocycles. The number of carbonyl (C=O) groups excluding carboxylic acids is 2. The summed E-state index contributed by atoms with van der Waals surface area (Å²) in [5.41, 5.74) is 2.77. The number of rotatable bonds is 7. The summed E-state index contributed by atoms with van der Waals surface area (Å²) in [5, 5.41) is 0.526. The van der Waals surface area contributed by atoms with E-state index >= 15 is 0 Å². The predicted octanol–water partition coefficient (Wildman–Crippen LogP) is 5.08. The topological polar surface area (TPSA) is 79.1 Å². The smallest absolute Gasteiger partial charge is 0.340 e. The standard InChI is InChI=1S/C25H21ClN2O5/c1-4-33-25(30)19-12-22(24(29)15-5-7-16(26)8-6-15)28-14-27-20(13-21(19)28)18-10-9-17(31-2)11-23(18)32-3/h5-14H,4H2,1-3H3. The fraction of sp³-hybridized carbons (Fsp3) is 0.160. The van der Waals surface area contributed by atoms with Crippen molar-refractivity contribution in [1.29, 1.82) is 0 Å². The van der Waals surface area contributed by atoms with Crippen molar-refractivity contribution in [2.24, 2.45) is 0 Å². The van der Waals surface area contributed by atoms with Crippen LogP contribution in [0.2, 0.25) is 5.02 Å². The second-order valence-electron chi connectivity index (χ2n) is 7.10. The Bertz CT molecular complexity index is 1350. The van der Waals surface area contributed by atoms with Crippen LogP contribution >= 0.6 is 11.6 Å². The molecule has 0 atom stereocenters. The van der Waals surface area contributed by atoms with E-state index < -0.39 is 5.97 Å². The van der Waals surface area contributed by atoms with Crippen molar-refractivity contribution in [3.63, 3.8) is 0 Å². The van der Waals surface area contributed by atoms with Gasteiger partial charge in [-0.1, -0.05) is 11.6 Å². The fourth-order valence-corrected chi connectivity index (χ4v) is 3.68. The first-order valence-electron chi connectivity index (χ1n) is 10.2. The Morgan fingerprint density at radius 3 is 2.42 bits per heavy atom. The molecule has 0 spiro atoms. The Morgan fingerprint density at radius 2 is 1.76 bits per heavy atom. The molecule has 0 saturated heterocycles. The molecule has 0 unspecified atom stereocenters. The van der Waals surface area contributed by atoms with E-state index in [1.165, 1.54) is 12.4 Å². The average Bonchev–Trinajstić information content (AvgIpc) is 3.22. The average molecular weight is 465 g/mol. The molecule has 33 heavy (non-hydrogen) atoms. The van der Waals surface area contributed by atoms with Crippen LogP contribution in [-0.2, 0) is 4.74 Å². The molecule has 2 aromatic heterocycles. The Labute approximate surface area is 195 Å².